The third-order valence-corrected chi connectivity index (χ3v) is 4.73. The van der Waals surface area contributed by atoms with E-state index in [0.717, 1.165) is 5.56 Å². The van der Waals surface area contributed by atoms with Crippen molar-refractivity contribution in [2.45, 2.75) is 19.6 Å². The van der Waals surface area contributed by atoms with Crippen molar-refractivity contribution in [3.05, 3.63) is 64.6 Å². The van der Waals surface area contributed by atoms with Gasteiger partial charge in [-0.25, -0.2) is 8.42 Å². The average Bonchev–Trinajstić information content (AvgIpc) is 2.55. The Morgan fingerprint density at radius 2 is 1.87 bits per heavy atom. The number of ether oxygens (including phenoxy) is 1. The van der Waals surface area contributed by atoms with E-state index in [1.807, 2.05) is 25.1 Å². The van der Waals surface area contributed by atoms with Crippen molar-refractivity contribution in [1.29, 1.82) is 0 Å². The Bertz CT molecular complexity index is 800. The van der Waals surface area contributed by atoms with Crippen LogP contribution in [0.1, 0.15) is 18.6 Å². The van der Waals surface area contributed by atoms with Gasteiger partial charge in [-0.05, 0) is 24.6 Å². The zero-order valence-corrected chi connectivity index (χ0v) is 13.9. The van der Waals surface area contributed by atoms with Crippen molar-refractivity contribution in [2.24, 2.45) is 0 Å². The van der Waals surface area contributed by atoms with E-state index in [2.05, 4.69) is 4.72 Å². The first kappa shape index (κ1) is 17.2. The molecule has 7 heteroatoms. The van der Waals surface area contributed by atoms with Crippen LogP contribution in [0, 0.1) is 0 Å². The monoisotopic (exact) mass is 336 g/mol. The molecule has 2 aromatic rings. The fraction of sp³-hybridized carbons (Fsp3) is 0.312. The molecule has 0 fully saturated rings. The first-order valence-corrected chi connectivity index (χ1v) is 8.89. The van der Waals surface area contributed by atoms with Crippen LogP contribution >= 0.6 is 0 Å². The van der Waals surface area contributed by atoms with Crippen LogP contribution in [0.3, 0.4) is 0 Å². The summed E-state index contributed by atoms with van der Waals surface area (Å²) >= 11 is 0. The number of rotatable bonds is 7. The molecule has 1 aromatic carbocycles. The predicted octanol–water partition coefficient (Wildman–Crippen LogP) is 2.00. The van der Waals surface area contributed by atoms with E-state index in [4.69, 9.17) is 4.74 Å². The summed E-state index contributed by atoms with van der Waals surface area (Å²) in [4.78, 5) is 12.1. The summed E-state index contributed by atoms with van der Waals surface area (Å²) in [5.41, 5.74) is 0.434. The molecule has 0 amide bonds. The molecule has 0 aliphatic carbocycles. The number of anilines is 1. The Balaban J connectivity index is 2.21. The van der Waals surface area contributed by atoms with Crippen molar-refractivity contribution in [3.8, 4) is 0 Å². The van der Waals surface area contributed by atoms with E-state index in [1.54, 1.807) is 24.4 Å². The number of pyridine rings is 1. The van der Waals surface area contributed by atoms with Crippen LogP contribution in [-0.2, 0) is 21.3 Å². The Morgan fingerprint density at radius 3 is 2.48 bits per heavy atom. The third-order valence-electron chi connectivity index (χ3n) is 3.45. The fourth-order valence-corrected chi connectivity index (χ4v) is 3.54. The summed E-state index contributed by atoms with van der Waals surface area (Å²) < 4.78 is 33.8. The second kappa shape index (κ2) is 7.43. The van der Waals surface area contributed by atoms with Crippen molar-refractivity contribution < 1.29 is 13.2 Å². The van der Waals surface area contributed by atoms with Crippen LogP contribution in [0.4, 0.5) is 5.69 Å². The maximum absolute atomic E-state index is 12.4. The summed E-state index contributed by atoms with van der Waals surface area (Å²) in [7, 11) is -2.27. The Hall–Kier alpha value is -2.12. The molecule has 0 saturated carbocycles. The van der Waals surface area contributed by atoms with Gasteiger partial charge in [0.2, 0.25) is 10.0 Å². The third kappa shape index (κ3) is 4.43. The van der Waals surface area contributed by atoms with Gasteiger partial charge in [0, 0.05) is 19.9 Å². The molecule has 1 unspecified atom stereocenters. The number of hydrogen-bond acceptors (Lipinski definition) is 4. The lowest BCUT2D eigenvalue weighted by Crippen LogP contribution is -2.28. The van der Waals surface area contributed by atoms with Crippen LogP contribution in [0.25, 0.3) is 0 Å². The van der Waals surface area contributed by atoms with E-state index in [9.17, 15) is 13.2 Å². The molecule has 1 heterocycles. The van der Waals surface area contributed by atoms with E-state index in [1.165, 1.54) is 17.7 Å². The molecule has 0 aliphatic rings. The van der Waals surface area contributed by atoms with Gasteiger partial charge in [0.15, 0.2) is 0 Å². The van der Waals surface area contributed by atoms with Crippen molar-refractivity contribution in [2.75, 3.05) is 17.6 Å². The molecule has 1 N–H and O–H groups in total. The van der Waals surface area contributed by atoms with E-state index < -0.39 is 16.1 Å². The standard InChI is InChI=1S/C16H20N2O4S/c1-3-18-11-7-10-14(16(18)19)17-23(20,21)12-15(22-2)13-8-5-4-6-9-13/h4-11,15,17H,3,12H2,1-2H3. The van der Waals surface area contributed by atoms with Gasteiger partial charge in [-0.2, -0.15) is 0 Å². The summed E-state index contributed by atoms with van der Waals surface area (Å²) in [6, 6.07) is 12.2. The quantitative estimate of drug-likeness (QED) is 0.839. The Kier molecular flexibility index (Phi) is 5.57. The topological polar surface area (TPSA) is 77.4 Å². The molecule has 124 valence electrons. The molecular weight excluding hydrogens is 316 g/mol. The molecule has 1 aromatic heterocycles. The van der Waals surface area contributed by atoms with Gasteiger partial charge in [-0.1, -0.05) is 30.3 Å². The number of aryl methyl sites for hydroxylation is 1. The molecule has 23 heavy (non-hydrogen) atoms. The summed E-state index contributed by atoms with van der Waals surface area (Å²) in [5.74, 6) is -0.270. The fourth-order valence-electron chi connectivity index (χ4n) is 2.24. The van der Waals surface area contributed by atoms with Gasteiger partial charge in [-0.3, -0.25) is 9.52 Å². The maximum atomic E-state index is 12.4. The molecule has 1 atom stereocenters. The molecule has 0 aliphatic heterocycles. The lowest BCUT2D eigenvalue weighted by Gasteiger charge is -2.17. The second-order valence-electron chi connectivity index (χ2n) is 5.03. The highest BCUT2D eigenvalue weighted by atomic mass is 32.2. The zero-order chi connectivity index (χ0) is 16.9. The van der Waals surface area contributed by atoms with E-state index in [0.29, 0.717) is 6.54 Å². The SMILES string of the molecule is CCn1cccc(NS(=O)(=O)CC(OC)c2ccccc2)c1=O. The minimum Gasteiger partial charge on any atom is -0.376 e. The zero-order valence-electron chi connectivity index (χ0n) is 13.1. The van der Waals surface area contributed by atoms with Gasteiger partial charge in [0.1, 0.15) is 5.69 Å². The number of nitrogens with one attached hydrogen (secondary N) is 1. The predicted molar refractivity (Wildman–Crippen MR) is 90.0 cm³/mol. The minimum atomic E-state index is -3.73. The Labute approximate surface area is 135 Å². The highest BCUT2D eigenvalue weighted by Crippen LogP contribution is 2.19. The number of benzene rings is 1. The smallest absolute Gasteiger partial charge is 0.274 e. The number of sulfonamides is 1. The minimum absolute atomic E-state index is 0.0391. The molecule has 0 saturated heterocycles. The molecule has 2 rings (SSSR count). The number of aromatic nitrogens is 1. The number of nitrogens with zero attached hydrogens (tertiary/aromatic N) is 1. The molecule has 0 bridgehead atoms. The highest BCUT2D eigenvalue weighted by Gasteiger charge is 2.21. The second-order valence-corrected chi connectivity index (χ2v) is 6.80. The van der Waals surface area contributed by atoms with Gasteiger partial charge >= 0.3 is 0 Å². The van der Waals surface area contributed by atoms with Gasteiger partial charge in [0.25, 0.3) is 5.56 Å². The molecule has 0 radical (unpaired) electrons. The van der Waals surface area contributed by atoms with Crippen LogP contribution in [-0.4, -0.2) is 25.8 Å². The van der Waals surface area contributed by atoms with Crippen molar-refractivity contribution in [1.82, 2.24) is 4.57 Å². The van der Waals surface area contributed by atoms with Gasteiger partial charge in [-0.15, -0.1) is 0 Å². The maximum Gasteiger partial charge on any atom is 0.274 e. The van der Waals surface area contributed by atoms with E-state index in [-0.39, 0.29) is 17.0 Å². The first-order chi connectivity index (χ1) is 11.0. The number of methoxy groups -OCH3 is 1. The summed E-state index contributed by atoms with van der Waals surface area (Å²) in [5, 5.41) is 0. The average molecular weight is 336 g/mol. The first-order valence-electron chi connectivity index (χ1n) is 7.24. The number of hydrogen-bond donors (Lipinski definition) is 1. The largest absolute Gasteiger partial charge is 0.376 e. The van der Waals surface area contributed by atoms with Crippen molar-refractivity contribution in [3.63, 3.8) is 0 Å². The van der Waals surface area contributed by atoms with E-state index >= 15 is 0 Å². The summed E-state index contributed by atoms with van der Waals surface area (Å²) in [6.45, 7) is 2.29. The molecule has 6 nitrogen and oxygen atoms in total. The normalized spacial score (nSPS) is 12.8. The lowest BCUT2D eigenvalue weighted by molar-refractivity contribution is 0.122. The van der Waals surface area contributed by atoms with Crippen LogP contribution in [0.2, 0.25) is 0 Å². The lowest BCUT2D eigenvalue weighted by atomic mass is 10.1. The van der Waals surface area contributed by atoms with Crippen LogP contribution < -0.4 is 10.3 Å². The molecular formula is C16H20N2O4S. The Morgan fingerprint density at radius 1 is 1.17 bits per heavy atom. The summed E-state index contributed by atoms with van der Waals surface area (Å²) in [6.07, 6.45) is 1.01. The highest BCUT2D eigenvalue weighted by molar-refractivity contribution is 7.92. The van der Waals surface area contributed by atoms with Crippen LogP contribution in [0.15, 0.2) is 53.5 Å². The van der Waals surface area contributed by atoms with Gasteiger partial charge in [0.05, 0.1) is 11.9 Å². The van der Waals surface area contributed by atoms with Crippen LogP contribution in [0.5, 0.6) is 0 Å². The molecule has 0 spiro atoms. The van der Waals surface area contributed by atoms with Gasteiger partial charge < -0.3 is 9.30 Å². The van der Waals surface area contributed by atoms with Crippen molar-refractivity contribution >= 4 is 15.7 Å².